The quantitative estimate of drug-likeness (QED) is 0.546. The molecule has 3 aromatic rings. The van der Waals surface area contributed by atoms with Crippen LogP contribution in [0.3, 0.4) is 0 Å². The molecule has 0 unspecified atom stereocenters. The number of nitrogens with zero attached hydrogens (tertiary/aromatic N) is 5. The Morgan fingerprint density at radius 1 is 0.971 bits per heavy atom. The Balaban J connectivity index is 1.18. The maximum Gasteiger partial charge on any atom is 0.416 e. The van der Waals surface area contributed by atoms with Crippen LogP contribution >= 0.6 is 0 Å². The summed E-state index contributed by atoms with van der Waals surface area (Å²) in [5.74, 6) is 2.10. The van der Waals surface area contributed by atoms with Crippen LogP contribution in [-0.2, 0) is 6.18 Å². The molecule has 2 fully saturated rings. The summed E-state index contributed by atoms with van der Waals surface area (Å²) in [6.45, 7) is 2.07. The number of carbonyl (C=O) groups is 1. The molecule has 0 N–H and O–H groups in total. The number of carbonyl (C=O) groups excluding carboxylic acids is 1. The van der Waals surface area contributed by atoms with Gasteiger partial charge in [0.15, 0.2) is 0 Å². The Kier molecular flexibility index (Phi) is 5.97. The SMILES string of the molecule is O=C(c1ccc(C(F)(F)F)cc1)N1CCN(c2ccc(-c3noc(C4CCCC4)n3)cn2)CC1. The first-order valence-electron chi connectivity index (χ1n) is 11.4. The van der Waals surface area contributed by atoms with Crippen molar-refractivity contribution in [3.8, 4) is 11.4 Å². The number of amides is 1. The number of rotatable bonds is 4. The van der Waals surface area contributed by atoms with Crippen LogP contribution < -0.4 is 4.90 Å². The highest BCUT2D eigenvalue weighted by Crippen LogP contribution is 2.34. The maximum atomic E-state index is 12.7. The Labute approximate surface area is 194 Å². The molecule has 178 valence electrons. The predicted octanol–water partition coefficient (Wildman–Crippen LogP) is 4.77. The van der Waals surface area contributed by atoms with Gasteiger partial charge in [0.05, 0.1) is 5.56 Å². The first-order valence-corrected chi connectivity index (χ1v) is 11.4. The van der Waals surface area contributed by atoms with Crippen LogP contribution in [0, 0.1) is 0 Å². The molecule has 1 amide bonds. The van der Waals surface area contributed by atoms with Crippen LogP contribution in [0.5, 0.6) is 0 Å². The summed E-state index contributed by atoms with van der Waals surface area (Å²) in [6.07, 6.45) is 1.87. The molecule has 1 saturated carbocycles. The molecule has 0 spiro atoms. The number of hydrogen-bond acceptors (Lipinski definition) is 6. The molecule has 0 atom stereocenters. The van der Waals surface area contributed by atoms with Gasteiger partial charge in [-0.25, -0.2) is 4.98 Å². The van der Waals surface area contributed by atoms with Crippen LogP contribution in [0.1, 0.15) is 53.4 Å². The molecular weight excluding hydrogens is 447 g/mol. The highest BCUT2D eigenvalue weighted by atomic mass is 19.4. The summed E-state index contributed by atoms with van der Waals surface area (Å²) in [5.41, 5.74) is 0.271. The van der Waals surface area contributed by atoms with Crippen molar-refractivity contribution in [3.05, 3.63) is 59.6 Å². The lowest BCUT2D eigenvalue weighted by Crippen LogP contribution is -2.49. The van der Waals surface area contributed by atoms with Crippen molar-refractivity contribution >= 4 is 11.7 Å². The highest BCUT2D eigenvalue weighted by Gasteiger charge is 2.31. The van der Waals surface area contributed by atoms with E-state index < -0.39 is 11.7 Å². The third-order valence-electron chi connectivity index (χ3n) is 6.50. The van der Waals surface area contributed by atoms with E-state index in [0.29, 0.717) is 43.8 Å². The summed E-state index contributed by atoms with van der Waals surface area (Å²) < 4.78 is 43.7. The van der Waals surface area contributed by atoms with Crippen molar-refractivity contribution in [2.45, 2.75) is 37.8 Å². The first-order chi connectivity index (χ1) is 16.4. The smallest absolute Gasteiger partial charge is 0.353 e. The molecule has 3 heterocycles. The van der Waals surface area contributed by atoms with Gasteiger partial charge in [0.2, 0.25) is 11.7 Å². The first kappa shape index (κ1) is 22.4. The molecule has 0 bridgehead atoms. The van der Waals surface area contributed by atoms with Crippen LogP contribution in [-0.4, -0.2) is 52.1 Å². The van der Waals surface area contributed by atoms with Crippen molar-refractivity contribution in [2.75, 3.05) is 31.1 Å². The van der Waals surface area contributed by atoms with E-state index in [1.54, 1.807) is 11.1 Å². The average Bonchev–Trinajstić information content (AvgIpc) is 3.56. The number of benzene rings is 1. The molecule has 1 aliphatic carbocycles. The van der Waals surface area contributed by atoms with Gasteiger partial charge < -0.3 is 14.3 Å². The minimum atomic E-state index is -4.42. The molecule has 1 aromatic carbocycles. The lowest BCUT2D eigenvalue weighted by molar-refractivity contribution is -0.137. The average molecular weight is 471 g/mol. The van der Waals surface area contributed by atoms with E-state index in [9.17, 15) is 18.0 Å². The summed E-state index contributed by atoms with van der Waals surface area (Å²) in [4.78, 5) is 25.5. The molecule has 2 aliphatic rings. The molecule has 0 radical (unpaired) electrons. The van der Waals surface area contributed by atoms with Gasteiger partial charge in [0, 0.05) is 49.4 Å². The fourth-order valence-corrected chi connectivity index (χ4v) is 4.52. The number of pyridine rings is 1. The Morgan fingerprint density at radius 3 is 2.29 bits per heavy atom. The van der Waals surface area contributed by atoms with Gasteiger partial charge in [0.1, 0.15) is 5.82 Å². The zero-order chi connectivity index (χ0) is 23.7. The minimum absolute atomic E-state index is 0.251. The summed E-state index contributed by atoms with van der Waals surface area (Å²) in [6, 6.07) is 8.15. The van der Waals surface area contributed by atoms with E-state index >= 15 is 0 Å². The van der Waals surface area contributed by atoms with E-state index in [1.165, 1.54) is 25.0 Å². The normalized spacial score (nSPS) is 17.4. The van der Waals surface area contributed by atoms with Gasteiger partial charge in [0.25, 0.3) is 5.91 Å². The lowest BCUT2D eigenvalue weighted by atomic mass is 10.1. The second kappa shape index (κ2) is 9.08. The topological polar surface area (TPSA) is 75.4 Å². The third-order valence-corrected chi connectivity index (χ3v) is 6.50. The second-order valence-electron chi connectivity index (χ2n) is 8.70. The van der Waals surface area contributed by atoms with Crippen LogP contribution in [0.25, 0.3) is 11.4 Å². The van der Waals surface area contributed by atoms with Gasteiger partial charge in [-0.3, -0.25) is 4.79 Å². The second-order valence-corrected chi connectivity index (χ2v) is 8.70. The van der Waals surface area contributed by atoms with E-state index in [-0.39, 0.29) is 11.5 Å². The fraction of sp³-hybridized carbons (Fsp3) is 0.417. The van der Waals surface area contributed by atoms with Crippen molar-refractivity contribution in [1.29, 1.82) is 0 Å². The van der Waals surface area contributed by atoms with Gasteiger partial charge in [-0.15, -0.1) is 0 Å². The van der Waals surface area contributed by atoms with E-state index in [0.717, 1.165) is 36.4 Å². The standard InChI is InChI=1S/C24H24F3N5O2/c25-24(26,27)19-8-5-17(6-9-19)23(33)32-13-11-31(12-14-32)20-10-7-18(15-28-20)21-29-22(34-30-21)16-3-1-2-4-16/h5-10,15-16H,1-4,11-14H2. The van der Waals surface area contributed by atoms with Gasteiger partial charge in [-0.1, -0.05) is 18.0 Å². The Bertz CT molecular complexity index is 1130. The van der Waals surface area contributed by atoms with E-state index in [4.69, 9.17) is 4.52 Å². The number of halogens is 3. The lowest BCUT2D eigenvalue weighted by Gasteiger charge is -2.35. The fourth-order valence-electron chi connectivity index (χ4n) is 4.52. The summed E-state index contributed by atoms with van der Waals surface area (Å²) >= 11 is 0. The van der Waals surface area contributed by atoms with Crippen molar-refractivity contribution in [2.24, 2.45) is 0 Å². The summed E-state index contributed by atoms with van der Waals surface area (Å²) in [7, 11) is 0. The van der Waals surface area contributed by atoms with Gasteiger partial charge in [-0.2, -0.15) is 18.2 Å². The van der Waals surface area contributed by atoms with Crippen LogP contribution in [0.15, 0.2) is 47.1 Å². The zero-order valence-electron chi connectivity index (χ0n) is 18.5. The van der Waals surface area contributed by atoms with Gasteiger partial charge >= 0.3 is 6.18 Å². The van der Waals surface area contributed by atoms with Crippen LogP contribution in [0.2, 0.25) is 0 Å². The molecule has 1 saturated heterocycles. The summed E-state index contributed by atoms with van der Waals surface area (Å²) in [5, 5.41) is 4.10. The monoisotopic (exact) mass is 471 g/mol. The Morgan fingerprint density at radius 2 is 1.68 bits per heavy atom. The number of alkyl halides is 3. The zero-order valence-corrected chi connectivity index (χ0v) is 18.5. The van der Waals surface area contributed by atoms with Crippen LogP contribution in [0.4, 0.5) is 19.0 Å². The van der Waals surface area contributed by atoms with Crippen molar-refractivity contribution in [1.82, 2.24) is 20.0 Å². The largest absolute Gasteiger partial charge is 0.416 e. The maximum absolute atomic E-state index is 12.7. The molecule has 1 aliphatic heterocycles. The van der Waals surface area contributed by atoms with Crippen molar-refractivity contribution < 1.29 is 22.5 Å². The molecule has 5 rings (SSSR count). The number of hydrogen-bond donors (Lipinski definition) is 0. The van der Waals surface area contributed by atoms with E-state index in [2.05, 4.69) is 20.0 Å². The number of piperazine rings is 1. The molecule has 2 aromatic heterocycles. The van der Waals surface area contributed by atoms with Crippen molar-refractivity contribution in [3.63, 3.8) is 0 Å². The molecular formula is C24H24F3N5O2. The molecule has 10 heteroatoms. The Hall–Kier alpha value is -3.43. The predicted molar refractivity (Wildman–Crippen MR) is 118 cm³/mol. The third kappa shape index (κ3) is 4.62. The minimum Gasteiger partial charge on any atom is -0.353 e. The molecule has 7 nitrogen and oxygen atoms in total. The van der Waals surface area contributed by atoms with E-state index in [1.807, 2.05) is 12.1 Å². The highest BCUT2D eigenvalue weighted by molar-refractivity contribution is 5.94. The number of aromatic nitrogens is 3. The number of anilines is 1. The molecule has 34 heavy (non-hydrogen) atoms. The van der Waals surface area contributed by atoms with Gasteiger partial charge in [-0.05, 0) is 49.2 Å².